The second-order valence-corrected chi connectivity index (χ2v) is 14.5. The van der Waals surface area contributed by atoms with Gasteiger partial charge in [-0.25, -0.2) is 0 Å². The van der Waals surface area contributed by atoms with Crippen LogP contribution in [0.25, 0.3) is 0 Å². The monoisotopic (exact) mass is 630 g/mol. The fraction of sp³-hybridized carbons (Fsp3) is 0.571. The Balaban J connectivity index is 0.000000365. The van der Waals surface area contributed by atoms with E-state index in [2.05, 4.69) is 46.4 Å². The molecule has 4 aliphatic carbocycles. The molecule has 0 aromatic heterocycles. The number of aromatic hydroxyl groups is 4. The lowest BCUT2D eigenvalue weighted by molar-refractivity contribution is -0.00579. The predicted molar refractivity (Wildman–Crippen MR) is 194 cm³/mol. The van der Waals surface area contributed by atoms with Gasteiger partial charge in [0, 0.05) is 17.5 Å². The number of aryl methyl sites for hydroxylation is 2. The molecule has 2 unspecified atom stereocenters. The number of hydrogen-bond donors (Lipinski definition) is 4. The van der Waals surface area contributed by atoms with E-state index in [0.29, 0.717) is 11.0 Å². The highest BCUT2D eigenvalue weighted by Crippen LogP contribution is 2.58. The summed E-state index contributed by atoms with van der Waals surface area (Å²) in [6.07, 6.45) is 23.1. The van der Waals surface area contributed by atoms with E-state index < -0.39 is 0 Å². The summed E-state index contributed by atoms with van der Waals surface area (Å²) in [6, 6.07) is 8.48. The minimum absolute atomic E-state index is 0.0943. The van der Waals surface area contributed by atoms with Gasteiger partial charge in [-0.3, -0.25) is 0 Å². The fourth-order valence-corrected chi connectivity index (χ4v) is 7.71. The number of unbranched alkanes of at least 4 members (excludes halogenated alkanes) is 5. The Morgan fingerprint density at radius 3 is 1.91 bits per heavy atom. The van der Waals surface area contributed by atoms with Crippen molar-refractivity contribution in [2.24, 2.45) is 17.3 Å². The van der Waals surface area contributed by atoms with E-state index in [-0.39, 0.29) is 28.9 Å². The van der Waals surface area contributed by atoms with Crippen molar-refractivity contribution in [1.29, 1.82) is 0 Å². The zero-order chi connectivity index (χ0) is 33.7. The molecule has 0 saturated heterocycles. The summed E-state index contributed by atoms with van der Waals surface area (Å²) in [5.41, 5.74) is 6.41. The van der Waals surface area contributed by atoms with Crippen molar-refractivity contribution in [1.82, 2.24) is 0 Å². The van der Waals surface area contributed by atoms with E-state index in [4.69, 9.17) is 0 Å². The number of phenols is 4. The molecule has 0 aliphatic heterocycles. The maximum atomic E-state index is 10.6. The first-order valence-corrected chi connectivity index (χ1v) is 18.0. The van der Waals surface area contributed by atoms with Crippen LogP contribution < -0.4 is 0 Å². The fourth-order valence-electron chi connectivity index (χ4n) is 7.71. The summed E-state index contributed by atoms with van der Waals surface area (Å²) in [5, 5.41) is 40.4. The van der Waals surface area contributed by atoms with Crippen molar-refractivity contribution in [3.63, 3.8) is 0 Å². The van der Waals surface area contributed by atoms with Crippen LogP contribution in [0.2, 0.25) is 0 Å². The second kappa shape index (κ2) is 18.3. The molecule has 2 bridgehead atoms. The van der Waals surface area contributed by atoms with Crippen LogP contribution in [0.3, 0.4) is 0 Å². The average molecular weight is 631 g/mol. The highest BCUT2D eigenvalue weighted by molar-refractivity contribution is 5.50. The van der Waals surface area contributed by atoms with E-state index >= 15 is 0 Å². The second-order valence-electron chi connectivity index (χ2n) is 14.5. The largest absolute Gasteiger partial charge is 0.508 e. The molecule has 0 spiro atoms. The molecule has 4 aliphatic rings. The van der Waals surface area contributed by atoms with E-state index in [1.807, 2.05) is 19.1 Å². The molecule has 0 heterocycles. The van der Waals surface area contributed by atoms with Crippen LogP contribution in [0.15, 0.2) is 66.3 Å². The first-order chi connectivity index (χ1) is 22.0. The maximum absolute atomic E-state index is 10.6. The first-order valence-electron chi connectivity index (χ1n) is 18.0. The Bertz CT molecular complexity index is 1270. The highest BCUT2D eigenvalue weighted by Gasteiger charge is 2.49. The third-order valence-corrected chi connectivity index (χ3v) is 10.5. The molecule has 4 heteroatoms. The SMILES string of the molecule is C=CC.CC1=CCC2CC1C2(C)C.CCCCCc1cc(O)c([C@@H]2C=C(CCCCCCc3cc(O)cc(O)c3)CCC2)c(O)c1. The van der Waals surface area contributed by atoms with Crippen LogP contribution in [0.5, 0.6) is 23.0 Å². The van der Waals surface area contributed by atoms with Crippen LogP contribution >= 0.6 is 0 Å². The Hall–Kier alpha value is -3.14. The van der Waals surface area contributed by atoms with Crippen molar-refractivity contribution >= 4 is 0 Å². The van der Waals surface area contributed by atoms with Gasteiger partial charge in [0.2, 0.25) is 0 Å². The standard InChI is InChI=1S/C29H40O4.C10H16.C3H6/c1-2-3-6-11-23-18-27(32)29(28(33)19-23)24-14-9-13-21(15-24)10-7-4-5-8-12-22-16-25(30)20-26(31)17-22;1-7-4-5-8-6-9(7)10(8,2)3;1-3-2/h15-20,24,30-33H,2-14H2,1H3;4,8-9H,5-6H2,1-3H3;3H,1H2,2H3/t24-;;/m0../s1. The molecule has 1 fully saturated rings. The van der Waals surface area contributed by atoms with Gasteiger partial charge in [-0.15, -0.1) is 6.58 Å². The summed E-state index contributed by atoms with van der Waals surface area (Å²) >= 11 is 0. The zero-order valence-corrected chi connectivity index (χ0v) is 29.5. The van der Waals surface area contributed by atoms with Crippen molar-refractivity contribution in [2.75, 3.05) is 0 Å². The summed E-state index contributed by atoms with van der Waals surface area (Å²) in [6.45, 7) is 14.6. The molecule has 3 atom stereocenters. The third-order valence-electron chi connectivity index (χ3n) is 10.5. The van der Waals surface area contributed by atoms with Gasteiger partial charge in [-0.1, -0.05) is 75.8 Å². The van der Waals surface area contributed by atoms with Gasteiger partial charge in [0.1, 0.15) is 23.0 Å². The first kappa shape index (κ1) is 37.3. The number of rotatable bonds is 12. The molecule has 0 radical (unpaired) electrons. The topological polar surface area (TPSA) is 80.9 Å². The van der Waals surface area contributed by atoms with E-state index in [1.54, 1.807) is 23.8 Å². The Labute approximate surface area is 280 Å². The van der Waals surface area contributed by atoms with Gasteiger partial charge >= 0.3 is 0 Å². The minimum Gasteiger partial charge on any atom is -0.508 e. The number of benzene rings is 2. The molecular weight excluding hydrogens is 568 g/mol. The van der Waals surface area contributed by atoms with Gasteiger partial charge < -0.3 is 20.4 Å². The van der Waals surface area contributed by atoms with E-state index in [0.717, 1.165) is 106 Å². The predicted octanol–water partition coefficient (Wildman–Crippen LogP) is 11.8. The smallest absolute Gasteiger partial charge is 0.123 e. The van der Waals surface area contributed by atoms with Gasteiger partial charge in [-0.2, -0.15) is 0 Å². The van der Waals surface area contributed by atoms with Gasteiger partial charge in [0.15, 0.2) is 0 Å². The summed E-state index contributed by atoms with van der Waals surface area (Å²) in [4.78, 5) is 0. The lowest BCUT2D eigenvalue weighted by atomic mass is 9.49. The summed E-state index contributed by atoms with van der Waals surface area (Å²) in [5.74, 6) is 2.73. The van der Waals surface area contributed by atoms with Crippen molar-refractivity contribution in [2.45, 2.75) is 137 Å². The normalized spacial score (nSPS) is 20.9. The number of phenolic OH excluding ortho intramolecular Hbond substituents is 4. The van der Waals surface area contributed by atoms with Crippen LogP contribution in [-0.2, 0) is 12.8 Å². The number of hydrogen-bond acceptors (Lipinski definition) is 4. The molecule has 6 rings (SSSR count). The average Bonchev–Trinajstić information content (AvgIpc) is 2.99. The highest BCUT2D eigenvalue weighted by atomic mass is 16.3. The number of allylic oxidation sites excluding steroid dienone is 5. The molecule has 254 valence electrons. The molecule has 1 saturated carbocycles. The Morgan fingerprint density at radius 2 is 1.39 bits per heavy atom. The van der Waals surface area contributed by atoms with Crippen molar-refractivity contribution < 1.29 is 20.4 Å². The minimum atomic E-state index is 0.0943. The quantitative estimate of drug-likeness (QED) is 0.139. The third kappa shape index (κ3) is 10.7. The Morgan fingerprint density at radius 1 is 0.826 bits per heavy atom. The van der Waals surface area contributed by atoms with E-state index in [9.17, 15) is 20.4 Å². The van der Waals surface area contributed by atoms with Gasteiger partial charge in [0.25, 0.3) is 0 Å². The zero-order valence-electron chi connectivity index (χ0n) is 29.5. The molecule has 46 heavy (non-hydrogen) atoms. The lowest BCUT2D eigenvalue weighted by Gasteiger charge is -2.56. The maximum Gasteiger partial charge on any atom is 0.123 e. The van der Waals surface area contributed by atoms with Crippen LogP contribution in [0.4, 0.5) is 0 Å². The summed E-state index contributed by atoms with van der Waals surface area (Å²) in [7, 11) is 0. The summed E-state index contributed by atoms with van der Waals surface area (Å²) < 4.78 is 0. The number of fused-ring (bicyclic) bond motifs is 1. The molecule has 4 nitrogen and oxygen atoms in total. The van der Waals surface area contributed by atoms with Crippen LogP contribution in [-0.4, -0.2) is 20.4 Å². The molecule has 2 aromatic carbocycles. The molecule has 2 aromatic rings. The van der Waals surface area contributed by atoms with Crippen molar-refractivity contribution in [3.05, 3.63) is 83.0 Å². The molecular formula is C42H62O4. The van der Waals surface area contributed by atoms with Gasteiger partial charge in [0.05, 0.1) is 0 Å². The molecule has 0 amide bonds. The van der Waals surface area contributed by atoms with E-state index in [1.165, 1.54) is 24.5 Å². The van der Waals surface area contributed by atoms with Gasteiger partial charge in [-0.05, 0) is 137 Å². The Kier molecular flexibility index (Phi) is 14.8. The van der Waals surface area contributed by atoms with Crippen LogP contribution in [0, 0.1) is 17.3 Å². The van der Waals surface area contributed by atoms with Crippen molar-refractivity contribution in [3.8, 4) is 23.0 Å². The lowest BCUT2D eigenvalue weighted by Crippen LogP contribution is -2.47. The molecule has 4 N–H and O–H groups in total. The van der Waals surface area contributed by atoms with Crippen LogP contribution in [0.1, 0.15) is 141 Å².